The summed E-state index contributed by atoms with van der Waals surface area (Å²) in [4.78, 5) is 55.3. The molecular weight excluding hydrogens is 468 g/mol. The molecule has 1 rings (SSSR count). The van der Waals surface area contributed by atoms with Crippen LogP contribution in [0.3, 0.4) is 0 Å². The highest BCUT2D eigenvalue weighted by molar-refractivity contribution is 5.70. The number of hydrogen-bond donors (Lipinski definition) is 0. The topological polar surface area (TPSA) is 106 Å². The van der Waals surface area contributed by atoms with Gasteiger partial charge in [-0.3, -0.25) is 4.48 Å². The highest BCUT2D eigenvalue weighted by Crippen LogP contribution is 2.15. The second-order valence-corrected chi connectivity index (χ2v) is 12.4. The van der Waals surface area contributed by atoms with E-state index in [-0.39, 0.29) is 43.8 Å². The van der Waals surface area contributed by atoms with E-state index in [4.69, 9.17) is 14.2 Å². The van der Waals surface area contributed by atoms with Gasteiger partial charge in [0.1, 0.15) is 29.9 Å². The summed E-state index contributed by atoms with van der Waals surface area (Å²) in [6, 6.07) is 0. The molecule has 1 saturated heterocycles. The van der Waals surface area contributed by atoms with Crippen molar-refractivity contribution in [3.05, 3.63) is 0 Å². The molecule has 0 unspecified atom stereocenters. The predicted molar refractivity (Wildman–Crippen MR) is 135 cm³/mol. The monoisotopic (exact) mass is 515 g/mol. The normalized spacial score (nSPS) is 18.4. The van der Waals surface area contributed by atoms with E-state index in [0.717, 1.165) is 6.41 Å². The summed E-state index contributed by atoms with van der Waals surface area (Å²) < 4.78 is 16.7. The number of likely N-dealkylation sites (N-methyl/N-ethyl adjacent to an activating group) is 1. The van der Waals surface area contributed by atoms with Crippen LogP contribution in [0.2, 0.25) is 0 Å². The molecule has 0 aromatic heterocycles. The number of nitrogens with zero attached hydrogens (tertiary/aromatic N) is 4. The molecule has 0 aliphatic carbocycles. The Kier molecular flexibility index (Phi) is 10.6. The maximum atomic E-state index is 13.0. The zero-order valence-corrected chi connectivity index (χ0v) is 23.9. The molecule has 0 radical (unpaired) electrons. The summed E-state index contributed by atoms with van der Waals surface area (Å²) in [7, 11) is 1.76. The summed E-state index contributed by atoms with van der Waals surface area (Å²) in [6.45, 7) is 17.8. The van der Waals surface area contributed by atoms with Gasteiger partial charge in [-0.15, -0.1) is 0 Å². The number of quaternary nitrogens is 1. The maximum Gasteiger partial charge on any atom is 0.410 e. The van der Waals surface area contributed by atoms with Gasteiger partial charge in [0, 0.05) is 26.2 Å². The van der Waals surface area contributed by atoms with Crippen molar-refractivity contribution in [1.29, 1.82) is 0 Å². The van der Waals surface area contributed by atoms with Crippen LogP contribution in [0.25, 0.3) is 0 Å². The fraction of sp³-hybridized carbons (Fsp3) is 0.840. The molecule has 0 spiro atoms. The van der Waals surface area contributed by atoms with Crippen LogP contribution in [0, 0.1) is 0 Å². The number of hydrogen-bond acceptors (Lipinski definition) is 7. The third kappa shape index (κ3) is 11.9. The summed E-state index contributed by atoms with van der Waals surface area (Å²) in [5, 5.41) is 0. The smallest absolute Gasteiger partial charge is 0.410 e. The molecule has 0 saturated carbocycles. The first-order valence-electron chi connectivity index (χ1n) is 12.5. The Morgan fingerprint density at radius 1 is 0.583 bits per heavy atom. The molecular formula is C25H47N4O7+. The van der Waals surface area contributed by atoms with E-state index in [1.165, 1.54) is 14.7 Å². The van der Waals surface area contributed by atoms with E-state index in [2.05, 4.69) is 0 Å². The fourth-order valence-electron chi connectivity index (χ4n) is 3.26. The van der Waals surface area contributed by atoms with Crippen molar-refractivity contribution < 1.29 is 37.9 Å². The van der Waals surface area contributed by atoms with Gasteiger partial charge in [0.15, 0.2) is 0 Å². The van der Waals surface area contributed by atoms with Crippen molar-refractivity contribution in [2.75, 3.05) is 59.4 Å². The fourth-order valence-corrected chi connectivity index (χ4v) is 3.26. The lowest BCUT2D eigenvalue weighted by Gasteiger charge is -2.36. The van der Waals surface area contributed by atoms with Crippen LogP contribution in [0.4, 0.5) is 14.4 Å². The molecule has 0 atom stereocenters. The second-order valence-electron chi connectivity index (χ2n) is 12.4. The van der Waals surface area contributed by atoms with Crippen LogP contribution in [-0.2, 0) is 19.0 Å². The highest BCUT2D eigenvalue weighted by atomic mass is 16.6. The van der Waals surface area contributed by atoms with Crippen LogP contribution < -0.4 is 0 Å². The Morgan fingerprint density at radius 3 is 1.06 bits per heavy atom. The van der Waals surface area contributed by atoms with Gasteiger partial charge >= 0.3 is 24.7 Å². The van der Waals surface area contributed by atoms with Gasteiger partial charge in [0.25, 0.3) is 0 Å². The molecule has 11 nitrogen and oxygen atoms in total. The summed E-state index contributed by atoms with van der Waals surface area (Å²) in [6.07, 6.45) is -0.756. The third-order valence-corrected chi connectivity index (χ3v) is 5.25. The summed E-state index contributed by atoms with van der Waals surface area (Å²) in [5.74, 6) is 0. The average molecular weight is 516 g/mol. The second kappa shape index (κ2) is 12.1. The minimum atomic E-state index is -0.709. The number of amides is 4. The van der Waals surface area contributed by atoms with Crippen LogP contribution in [0.15, 0.2) is 0 Å². The van der Waals surface area contributed by atoms with Gasteiger partial charge in [-0.25, -0.2) is 19.2 Å². The molecule has 0 N–H and O–H groups in total. The van der Waals surface area contributed by atoms with Gasteiger partial charge in [-0.1, -0.05) is 0 Å². The Hall–Kier alpha value is -2.56. The molecule has 1 aliphatic heterocycles. The van der Waals surface area contributed by atoms with Gasteiger partial charge < -0.3 is 28.9 Å². The van der Waals surface area contributed by atoms with Crippen LogP contribution >= 0.6 is 0 Å². The molecule has 1 aliphatic rings. The van der Waals surface area contributed by atoms with Gasteiger partial charge in [-0.05, 0) is 62.3 Å². The van der Waals surface area contributed by atoms with Crippen molar-refractivity contribution in [3.63, 3.8) is 0 Å². The van der Waals surface area contributed by atoms with Crippen molar-refractivity contribution in [2.24, 2.45) is 0 Å². The number of carbonyl (C=O) groups is 4. The lowest BCUT2D eigenvalue weighted by Crippen LogP contribution is -2.55. The minimum Gasteiger partial charge on any atom is -0.444 e. The van der Waals surface area contributed by atoms with Crippen LogP contribution in [0.1, 0.15) is 62.3 Å². The van der Waals surface area contributed by atoms with E-state index in [1.54, 1.807) is 69.4 Å². The Morgan fingerprint density at radius 2 is 0.833 bits per heavy atom. The van der Waals surface area contributed by atoms with E-state index >= 15 is 0 Å². The average Bonchev–Trinajstić information content (AvgIpc) is 2.66. The zero-order valence-electron chi connectivity index (χ0n) is 23.9. The Labute approximate surface area is 216 Å². The number of rotatable bonds is 1. The lowest BCUT2D eigenvalue weighted by atomic mass is 10.2. The van der Waals surface area contributed by atoms with Crippen LogP contribution in [-0.4, -0.2) is 120 Å². The zero-order chi connectivity index (χ0) is 27.9. The molecule has 0 aromatic rings. The van der Waals surface area contributed by atoms with Gasteiger partial charge in [0.2, 0.25) is 0 Å². The van der Waals surface area contributed by atoms with E-state index < -0.39 is 35.1 Å². The predicted octanol–water partition coefficient (Wildman–Crippen LogP) is 3.31. The van der Waals surface area contributed by atoms with E-state index in [1.807, 2.05) is 0 Å². The first-order valence-corrected chi connectivity index (χ1v) is 12.5. The van der Waals surface area contributed by atoms with Crippen molar-refractivity contribution in [3.8, 4) is 0 Å². The standard InChI is InChI=1S/C25H47N4O7/c1-23(2,3)34-20(31)26-11-13-27(21(32)35-24(4,5)6)15-17-29(10,19-30)18-16-28(14-12-26)22(33)36-25(7,8)9/h19H,11-18H2,1-10H3/q+1. The lowest BCUT2D eigenvalue weighted by molar-refractivity contribution is -0.824. The summed E-state index contributed by atoms with van der Waals surface area (Å²) >= 11 is 0. The molecule has 0 aromatic carbocycles. The first-order chi connectivity index (χ1) is 16.2. The van der Waals surface area contributed by atoms with Gasteiger partial charge in [-0.2, -0.15) is 0 Å². The molecule has 0 bridgehead atoms. The number of ether oxygens (including phenoxy) is 3. The van der Waals surface area contributed by atoms with Gasteiger partial charge in [0.05, 0.1) is 20.1 Å². The van der Waals surface area contributed by atoms with Crippen molar-refractivity contribution in [1.82, 2.24) is 14.7 Å². The Balaban J connectivity index is 3.25. The van der Waals surface area contributed by atoms with Crippen molar-refractivity contribution in [2.45, 2.75) is 79.1 Å². The first kappa shape index (κ1) is 31.5. The molecule has 36 heavy (non-hydrogen) atoms. The quantitative estimate of drug-likeness (QED) is 0.300. The van der Waals surface area contributed by atoms with Crippen LogP contribution in [0.5, 0.6) is 0 Å². The maximum absolute atomic E-state index is 13.0. The molecule has 11 heteroatoms. The van der Waals surface area contributed by atoms with Crippen molar-refractivity contribution >= 4 is 24.7 Å². The van der Waals surface area contributed by atoms with E-state index in [9.17, 15) is 19.2 Å². The molecule has 208 valence electrons. The molecule has 4 amide bonds. The molecule has 1 heterocycles. The SMILES string of the molecule is CC(C)(C)OC(=O)N1CCN(C(=O)OC(C)(C)C)CC[N+](C)(C=O)CCN(C(=O)OC(C)(C)C)CC1. The van der Waals surface area contributed by atoms with E-state index in [0.29, 0.717) is 13.1 Å². The third-order valence-electron chi connectivity index (χ3n) is 5.25. The Bertz CT molecular complexity index is 737. The minimum absolute atomic E-state index is 0.00558. The highest BCUT2D eigenvalue weighted by Gasteiger charge is 2.32. The number of carbonyl (C=O) groups excluding carboxylic acids is 4. The summed E-state index contributed by atoms with van der Waals surface area (Å²) in [5.41, 5.74) is -2.09. The largest absolute Gasteiger partial charge is 0.444 e. The molecule has 1 fully saturated rings.